The Bertz CT molecular complexity index is 529. The average molecular weight is 317 g/mol. The number of benzene rings is 1. The Kier molecular flexibility index (Phi) is 6.39. The van der Waals surface area contributed by atoms with Gasteiger partial charge in [0.1, 0.15) is 0 Å². The van der Waals surface area contributed by atoms with Crippen molar-refractivity contribution in [2.24, 2.45) is 5.92 Å². The summed E-state index contributed by atoms with van der Waals surface area (Å²) in [5.41, 5.74) is -0.983. The molecule has 0 aliphatic rings. The molecule has 0 aliphatic carbocycles. The van der Waals surface area contributed by atoms with Gasteiger partial charge in [-0.25, -0.2) is 0 Å². The van der Waals surface area contributed by atoms with E-state index in [0.717, 1.165) is 6.07 Å². The highest BCUT2D eigenvalue weighted by Crippen LogP contribution is 2.31. The maximum Gasteiger partial charge on any atom is 0.416 e. The topological polar surface area (TPSA) is 66.4 Å². The maximum atomic E-state index is 12.8. The van der Waals surface area contributed by atoms with E-state index in [4.69, 9.17) is 5.11 Å². The first-order valence-electron chi connectivity index (χ1n) is 6.90. The minimum absolute atomic E-state index is 0.0871. The minimum atomic E-state index is -4.53. The number of rotatable bonds is 7. The number of aliphatic carboxylic acids is 1. The van der Waals surface area contributed by atoms with E-state index in [9.17, 15) is 22.8 Å². The molecule has 0 saturated heterocycles. The minimum Gasteiger partial charge on any atom is -0.481 e. The lowest BCUT2D eigenvalue weighted by molar-refractivity contribution is -0.142. The van der Waals surface area contributed by atoms with Crippen LogP contribution in [-0.2, 0) is 22.2 Å². The molecule has 7 heteroatoms. The van der Waals surface area contributed by atoms with Crippen LogP contribution < -0.4 is 5.32 Å². The van der Waals surface area contributed by atoms with Crippen molar-refractivity contribution < 1.29 is 27.9 Å². The third-order valence-electron chi connectivity index (χ3n) is 3.21. The molecular weight excluding hydrogens is 299 g/mol. The number of carboxylic acid groups (broad SMARTS) is 1. The third-order valence-corrected chi connectivity index (χ3v) is 3.21. The first-order chi connectivity index (χ1) is 10.3. The van der Waals surface area contributed by atoms with Gasteiger partial charge >= 0.3 is 12.1 Å². The number of carboxylic acids is 1. The van der Waals surface area contributed by atoms with Crippen LogP contribution in [0.2, 0.25) is 0 Å². The Morgan fingerprint density at radius 2 is 1.91 bits per heavy atom. The lowest BCUT2D eigenvalue weighted by atomic mass is 10.0. The van der Waals surface area contributed by atoms with Gasteiger partial charge in [-0.1, -0.05) is 31.5 Å². The van der Waals surface area contributed by atoms with Gasteiger partial charge in [-0.15, -0.1) is 0 Å². The number of carbonyl (C=O) groups excluding carboxylic acids is 1. The van der Waals surface area contributed by atoms with Crippen molar-refractivity contribution in [1.29, 1.82) is 0 Å². The highest BCUT2D eigenvalue weighted by atomic mass is 19.4. The smallest absolute Gasteiger partial charge is 0.416 e. The number of hydrogen-bond acceptors (Lipinski definition) is 2. The average Bonchev–Trinajstić information content (AvgIpc) is 2.42. The summed E-state index contributed by atoms with van der Waals surface area (Å²) in [6.45, 7) is 1.73. The van der Waals surface area contributed by atoms with Crippen molar-refractivity contribution in [3.05, 3.63) is 35.4 Å². The zero-order valence-electron chi connectivity index (χ0n) is 12.1. The van der Waals surface area contributed by atoms with Crippen molar-refractivity contribution in [3.8, 4) is 0 Å². The van der Waals surface area contributed by atoms with Gasteiger partial charge in [0.2, 0.25) is 5.91 Å². The van der Waals surface area contributed by atoms with Gasteiger partial charge in [0.25, 0.3) is 0 Å². The fraction of sp³-hybridized carbons (Fsp3) is 0.467. The fourth-order valence-electron chi connectivity index (χ4n) is 2.08. The summed E-state index contributed by atoms with van der Waals surface area (Å²) >= 11 is 0. The Morgan fingerprint density at radius 3 is 2.45 bits per heavy atom. The van der Waals surface area contributed by atoms with Crippen molar-refractivity contribution in [2.45, 2.75) is 32.4 Å². The summed E-state index contributed by atoms with van der Waals surface area (Å²) in [5, 5.41) is 11.3. The summed E-state index contributed by atoms with van der Waals surface area (Å²) in [7, 11) is 0. The largest absolute Gasteiger partial charge is 0.481 e. The van der Waals surface area contributed by atoms with E-state index in [0.29, 0.717) is 12.8 Å². The molecule has 0 radical (unpaired) electrons. The Labute approximate surface area is 126 Å². The quantitative estimate of drug-likeness (QED) is 0.812. The van der Waals surface area contributed by atoms with Crippen LogP contribution in [0, 0.1) is 5.92 Å². The lowest BCUT2D eigenvalue weighted by Gasteiger charge is -2.14. The number of carbonyl (C=O) groups is 2. The van der Waals surface area contributed by atoms with Gasteiger partial charge in [-0.2, -0.15) is 13.2 Å². The second kappa shape index (κ2) is 7.82. The van der Waals surface area contributed by atoms with Crippen LogP contribution in [-0.4, -0.2) is 23.5 Å². The number of alkyl halides is 3. The van der Waals surface area contributed by atoms with Crippen LogP contribution in [0.15, 0.2) is 24.3 Å². The SMILES string of the molecule is CCCC(CNC(=O)Cc1ccccc1C(F)(F)F)C(=O)O. The van der Waals surface area contributed by atoms with Crippen LogP contribution >= 0.6 is 0 Å². The van der Waals surface area contributed by atoms with Crippen LogP contribution in [0.4, 0.5) is 13.2 Å². The predicted molar refractivity (Wildman–Crippen MR) is 74.2 cm³/mol. The van der Waals surface area contributed by atoms with Gasteiger partial charge in [0.05, 0.1) is 17.9 Å². The molecule has 0 aliphatic heterocycles. The first kappa shape index (κ1) is 18.0. The van der Waals surface area contributed by atoms with Crippen LogP contribution in [0.1, 0.15) is 30.9 Å². The Hall–Kier alpha value is -2.05. The summed E-state index contributed by atoms with van der Waals surface area (Å²) in [6.07, 6.45) is -3.92. The molecule has 0 saturated carbocycles. The maximum absolute atomic E-state index is 12.8. The van der Waals surface area contributed by atoms with E-state index >= 15 is 0 Å². The number of nitrogens with one attached hydrogen (secondary N) is 1. The zero-order chi connectivity index (χ0) is 16.8. The molecule has 2 N–H and O–H groups in total. The van der Waals surface area contributed by atoms with E-state index in [1.807, 2.05) is 6.92 Å². The van der Waals surface area contributed by atoms with Gasteiger partial charge in [0.15, 0.2) is 0 Å². The summed E-state index contributed by atoms with van der Waals surface area (Å²) in [6, 6.07) is 4.84. The molecule has 0 aromatic heterocycles. The standard InChI is InChI=1S/C15H18F3NO3/c1-2-5-11(14(21)22)9-19-13(20)8-10-6-3-4-7-12(10)15(16,17)18/h3-4,6-7,11H,2,5,8-9H2,1H3,(H,19,20)(H,21,22). The van der Waals surface area contributed by atoms with Gasteiger partial charge in [0, 0.05) is 6.54 Å². The fourth-order valence-corrected chi connectivity index (χ4v) is 2.08. The van der Waals surface area contributed by atoms with E-state index < -0.39 is 36.0 Å². The summed E-state index contributed by atoms with van der Waals surface area (Å²) < 4.78 is 38.4. The van der Waals surface area contributed by atoms with Crippen molar-refractivity contribution in [1.82, 2.24) is 5.32 Å². The molecule has 22 heavy (non-hydrogen) atoms. The Balaban J connectivity index is 2.68. The molecule has 1 aromatic rings. The second-order valence-corrected chi connectivity index (χ2v) is 4.96. The second-order valence-electron chi connectivity index (χ2n) is 4.96. The highest BCUT2D eigenvalue weighted by Gasteiger charge is 2.33. The van der Waals surface area contributed by atoms with Crippen LogP contribution in [0.3, 0.4) is 0 Å². The van der Waals surface area contributed by atoms with Crippen LogP contribution in [0.25, 0.3) is 0 Å². The molecule has 1 atom stereocenters. The van der Waals surface area contributed by atoms with E-state index in [-0.39, 0.29) is 12.1 Å². The molecule has 0 fully saturated rings. The molecule has 1 amide bonds. The van der Waals surface area contributed by atoms with E-state index in [2.05, 4.69) is 5.32 Å². The molecule has 4 nitrogen and oxygen atoms in total. The van der Waals surface area contributed by atoms with Gasteiger partial charge in [-0.05, 0) is 18.1 Å². The molecule has 1 aromatic carbocycles. The normalized spacial score (nSPS) is 12.7. The third kappa shape index (κ3) is 5.38. The monoisotopic (exact) mass is 317 g/mol. The molecule has 1 rings (SSSR count). The van der Waals surface area contributed by atoms with Crippen LogP contribution in [0.5, 0.6) is 0 Å². The summed E-state index contributed by atoms with van der Waals surface area (Å²) in [4.78, 5) is 22.7. The molecular formula is C15H18F3NO3. The van der Waals surface area contributed by atoms with Gasteiger partial charge < -0.3 is 10.4 Å². The molecule has 0 spiro atoms. The number of halogens is 3. The van der Waals surface area contributed by atoms with Crippen molar-refractivity contribution in [2.75, 3.05) is 6.54 Å². The van der Waals surface area contributed by atoms with E-state index in [1.165, 1.54) is 18.2 Å². The predicted octanol–water partition coefficient (Wildman–Crippen LogP) is 2.87. The highest BCUT2D eigenvalue weighted by molar-refractivity contribution is 5.80. The Morgan fingerprint density at radius 1 is 1.27 bits per heavy atom. The van der Waals surface area contributed by atoms with Crippen molar-refractivity contribution in [3.63, 3.8) is 0 Å². The summed E-state index contributed by atoms with van der Waals surface area (Å²) in [5.74, 6) is -2.39. The lowest BCUT2D eigenvalue weighted by Crippen LogP contribution is -2.34. The number of hydrogen-bond donors (Lipinski definition) is 2. The molecule has 0 heterocycles. The van der Waals surface area contributed by atoms with Crippen molar-refractivity contribution >= 4 is 11.9 Å². The zero-order valence-corrected chi connectivity index (χ0v) is 12.1. The molecule has 122 valence electrons. The van der Waals surface area contributed by atoms with E-state index in [1.54, 1.807) is 0 Å². The number of amides is 1. The van der Waals surface area contributed by atoms with Gasteiger partial charge in [-0.3, -0.25) is 9.59 Å². The molecule has 0 bridgehead atoms. The molecule has 1 unspecified atom stereocenters. The first-order valence-corrected chi connectivity index (χ1v) is 6.90.